The molecule has 1 N–H and O–H groups in total. The lowest BCUT2D eigenvalue weighted by atomic mass is 10.1. The van der Waals surface area contributed by atoms with Crippen molar-refractivity contribution >= 4 is 27.5 Å². The molecule has 0 spiro atoms. The molecular weight excluding hydrogens is 342 g/mol. The van der Waals surface area contributed by atoms with E-state index < -0.39 is 17.3 Å². The Morgan fingerprint density at radius 3 is 2.60 bits per heavy atom. The second-order valence-electron chi connectivity index (χ2n) is 5.32. The predicted octanol–water partition coefficient (Wildman–Crippen LogP) is 3.00. The quantitative estimate of drug-likeness (QED) is 0.709. The molecule has 130 valence electrons. The molecule has 7 heteroatoms. The van der Waals surface area contributed by atoms with Gasteiger partial charge in [0.1, 0.15) is 11.3 Å². The molecule has 0 aliphatic carbocycles. The molecule has 3 aromatic rings. The van der Waals surface area contributed by atoms with Gasteiger partial charge in [-0.3, -0.25) is 9.36 Å². The maximum absolute atomic E-state index is 12.6. The molecule has 0 amide bonds. The molecule has 0 unspecified atom stereocenters. The molecule has 0 aliphatic heterocycles. The minimum atomic E-state index is -0.693. The van der Waals surface area contributed by atoms with Gasteiger partial charge >= 0.3 is 5.97 Å². The molecule has 0 fully saturated rings. The molecule has 0 aliphatic rings. The van der Waals surface area contributed by atoms with Crippen molar-refractivity contribution in [2.45, 2.75) is 13.5 Å². The predicted molar refractivity (Wildman–Crippen MR) is 95.8 cm³/mol. The van der Waals surface area contributed by atoms with E-state index in [1.165, 1.54) is 15.9 Å². The van der Waals surface area contributed by atoms with Gasteiger partial charge in [-0.15, -0.1) is 11.3 Å². The topological polar surface area (TPSA) is 77.8 Å². The number of carbonyl (C=O) groups is 1. The maximum atomic E-state index is 12.6. The molecule has 0 radical (unpaired) electrons. The fraction of sp³-hybridized carbons (Fsp3) is 0.222. The number of hydrogen-bond acceptors (Lipinski definition) is 6. The summed E-state index contributed by atoms with van der Waals surface area (Å²) in [6.07, 6.45) is 0. The molecule has 3 rings (SSSR count). The largest absolute Gasteiger partial charge is 0.502 e. The van der Waals surface area contributed by atoms with E-state index in [2.05, 4.69) is 0 Å². The second kappa shape index (κ2) is 6.98. The molecule has 2 aromatic heterocycles. The van der Waals surface area contributed by atoms with E-state index in [0.717, 1.165) is 11.3 Å². The Morgan fingerprint density at radius 1 is 1.24 bits per heavy atom. The minimum absolute atomic E-state index is 0.0668. The Morgan fingerprint density at radius 2 is 1.96 bits per heavy atom. The van der Waals surface area contributed by atoms with E-state index in [-0.39, 0.29) is 18.7 Å². The summed E-state index contributed by atoms with van der Waals surface area (Å²) >= 11 is 1.28. The molecule has 0 atom stereocenters. The Hall–Kier alpha value is -2.80. The zero-order valence-electron chi connectivity index (χ0n) is 13.8. The van der Waals surface area contributed by atoms with Gasteiger partial charge in [0.15, 0.2) is 5.75 Å². The minimum Gasteiger partial charge on any atom is -0.502 e. The van der Waals surface area contributed by atoms with Crippen LogP contribution in [0.1, 0.15) is 22.8 Å². The zero-order chi connectivity index (χ0) is 18.0. The van der Waals surface area contributed by atoms with Crippen LogP contribution in [-0.4, -0.2) is 29.4 Å². The number of aromatic hydroxyl groups is 1. The Labute approximate surface area is 147 Å². The highest BCUT2D eigenvalue weighted by atomic mass is 32.1. The van der Waals surface area contributed by atoms with Crippen LogP contribution in [0.15, 0.2) is 40.5 Å². The SMILES string of the molecule is CCOC(=O)c1c(O)c(=O)n(Cc2ccc(OC)cc2)c2ccsc12. The lowest BCUT2D eigenvalue weighted by Gasteiger charge is -2.12. The number of nitrogens with zero attached hydrogens (tertiary/aromatic N) is 1. The van der Waals surface area contributed by atoms with E-state index in [4.69, 9.17) is 9.47 Å². The van der Waals surface area contributed by atoms with Crippen LogP contribution >= 0.6 is 11.3 Å². The second-order valence-corrected chi connectivity index (χ2v) is 6.23. The average molecular weight is 359 g/mol. The van der Waals surface area contributed by atoms with Crippen molar-refractivity contribution in [1.29, 1.82) is 0 Å². The van der Waals surface area contributed by atoms with Crippen molar-refractivity contribution < 1.29 is 19.4 Å². The molecule has 0 saturated carbocycles. The van der Waals surface area contributed by atoms with E-state index in [0.29, 0.717) is 10.2 Å². The number of fused-ring (bicyclic) bond motifs is 1. The van der Waals surface area contributed by atoms with Gasteiger partial charge in [0.2, 0.25) is 0 Å². The summed E-state index contributed by atoms with van der Waals surface area (Å²) in [6.45, 7) is 2.11. The third kappa shape index (κ3) is 3.10. The number of aromatic nitrogens is 1. The Balaban J connectivity index is 2.11. The van der Waals surface area contributed by atoms with Crippen molar-refractivity contribution in [3.63, 3.8) is 0 Å². The smallest absolute Gasteiger partial charge is 0.343 e. The highest BCUT2D eigenvalue weighted by Crippen LogP contribution is 2.30. The number of esters is 1. The normalized spacial score (nSPS) is 10.8. The lowest BCUT2D eigenvalue weighted by molar-refractivity contribution is 0.0525. The summed E-state index contributed by atoms with van der Waals surface area (Å²) in [5.74, 6) is -0.555. The first-order valence-corrected chi connectivity index (χ1v) is 8.57. The van der Waals surface area contributed by atoms with Crippen LogP contribution in [0.5, 0.6) is 11.5 Å². The van der Waals surface area contributed by atoms with Crippen LogP contribution < -0.4 is 10.3 Å². The summed E-state index contributed by atoms with van der Waals surface area (Å²) in [6, 6.07) is 9.06. The Kier molecular flexibility index (Phi) is 4.76. The molecule has 0 saturated heterocycles. The van der Waals surface area contributed by atoms with Gasteiger partial charge in [-0.25, -0.2) is 4.79 Å². The highest BCUT2D eigenvalue weighted by Gasteiger charge is 2.23. The summed E-state index contributed by atoms with van der Waals surface area (Å²) in [5, 5.41) is 12.1. The van der Waals surface area contributed by atoms with Crippen LogP contribution in [0.4, 0.5) is 0 Å². The monoisotopic (exact) mass is 359 g/mol. The first kappa shape index (κ1) is 17.0. The third-order valence-electron chi connectivity index (χ3n) is 3.83. The summed E-state index contributed by atoms with van der Waals surface area (Å²) in [5.41, 5.74) is 0.776. The first-order valence-electron chi connectivity index (χ1n) is 7.69. The molecule has 2 heterocycles. The van der Waals surface area contributed by atoms with Gasteiger partial charge in [-0.05, 0) is 36.1 Å². The number of hydrogen-bond donors (Lipinski definition) is 1. The van der Waals surface area contributed by atoms with Gasteiger partial charge in [0.25, 0.3) is 5.56 Å². The summed E-state index contributed by atoms with van der Waals surface area (Å²) < 4.78 is 12.1. The van der Waals surface area contributed by atoms with Crippen molar-refractivity contribution in [1.82, 2.24) is 4.57 Å². The van der Waals surface area contributed by atoms with Crippen molar-refractivity contribution in [3.8, 4) is 11.5 Å². The van der Waals surface area contributed by atoms with Gasteiger partial charge in [-0.2, -0.15) is 0 Å². The fourth-order valence-electron chi connectivity index (χ4n) is 2.62. The average Bonchev–Trinajstić information content (AvgIpc) is 3.08. The van der Waals surface area contributed by atoms with Crippen LogP contribution in [0.2, 0.25) is 0 Å². The number of rotatable bonds is 5. The van der Waals surface area contributed by atoms with Crippen LogP contribution in [0.25, 0.3) is 10.2 Å². The highest BCUT2D eigenvalue weighted by molar-refractivity contribution is 7.17. The van der Waals surface area contributed by atoms with Crippen LogP contribution in [0.3, 0.4) is 0 Å². The first-order chi connectivity index (χ1) is 12.1. The molecule has 6 nitrogen and oxygen atoms in total. The lowest BCUT2D eigenvalue weighted by Crippen LogP contribution is -2.23. The molecule has 1 aromatic carbocycles. The summed E-state index contributed by atoms with van der Waals surface area (Å²) in [7, 11) is 1.58. The number of ether oxygens (including phenoxy) is 2. The van der Waals surface area contributed by atoms with Crippen molar-refractivity contribution in [2.75, 3.05) is 13.7 Å². The molecule has 25 heavy (non-hydrogen) atoms. The standard InChI is InChI=1S/C18H17NO5S/c1-3-24-18(22)14-15(20)17(21)19(13-8-9-25-16(13)14)10-11-4-6-12(23-2)7-5-11/h4-9,20H,3,10H2,1-2H3. The van der Waals surface area contributed by atoms with Gasteiger partial charge in [-0.1, -0.05) is 12.1 Å². The molecular formula is C18H17NO5S. The van der Waals surface area contributed by atoms with Crippen LogP contribution in [0, 0.1) is 0 Å². The Bertz CT molecular complexity index is 972. The zero-order valence-corrected chi connectivity index (χ0v) is 14.6. The van der Waals surface area contributed by atoms with Crippen molar-refractivity contribution in [2.24, 2.45) is 0 Å². The number of methoxy groups -OCH3 is 1. The van der Waals surface area contributed by atoms with Crippen LogP contribution in [-0.2, 0) is 11.3 Å². The van der Waals surface area contributed by atoms with E-state index in [9.17, 15) is 14.7 Å². The maximum Gasteiger partial charge on any atom is 0.343 e. The number of benzene rings is 1. The number of carbonyl (C=O) groups excluding carboxylic acids is 1. The third-order valence-corrected chi connectivity index (χ3v) is 4.75. The van der Waals surface area contributed by atoms with Gasteiger partial charge in [0.05, 0.1) is 30.5 Å². The number of pyridine rings is 1. The van der Waals surface area contributed by atoms with Crippen molar-refractivity contribution in [3.05, 3.63) is 57.2 Å². The van der Waals surface area contributed by atoms with Gasteiger partial charge in [0, 0.05) is 0 Å². The van der Waals surface area contributed by atoms with E-state index in [1.807, 2.05) is 12.1 Å². The number of thiophene rings is 1. The fourth-order valence-corrected chi connectivity index (χ4v) is 3.55. The molecule has 0 bridgehead atoms. The van der Waals surface area contributed by atoms with E-state index in [1.54, 1.807) is 37.6 Å². The van der Waals surface area contributed by atoms with E-state index >= 15 is 0 Å². The van der Waals surface area contributed by atoms with Gasteiger partial charge < -0.3 is 14.6 Å². The summed E-state index contributed by atoms with van der Waals surface area (Å²) in [4.78, 5) is 24.8.